The molecule has 1 aromatic rings. The molecule has 0 fully saturated rings. The van der Waals surface area contributed by atoms with Crippen LogP contribution in [0.4, 0.5) is 0 Å². The molecule has 1 unspecified atom stereocenters. The van der Waals surface area contributed by atoms with Crippen molar-refractivity contribution in [2.75, 3.05) is 0 Å². The standard InChI is InChI=1S/C9H7Cl3O3.Na.H/c1-4(9(13)14)15-8-3-6(11)5(10)2-7(8)12;;/h2-4H,1H3,(H,13,14);;/q;+1;-1. The third kappa shape index (κ3) is 4.32. The molecule has 0 saturated carbocycles. The number of rotatable bonds is 3. The van der Waals surface area contributed by atoms with Crippen LogP contribution in [0, 0.1) is 0 Å². The molecule has 84 valence electrons. The van der Waals surface area contributed by atoms with Crippen LogP contribution in [-0.4, -0.2) is 17.2 Å². The van der Waals surface area contributed by atoms with Gasteiger partial charge in [-0.1, -0.05) is 34.8 Å². The SMILES string of the molecule is CC(Oc1cc(Cl)c(Cl)cc1Cl)C(=O)O.[H-].[Na+]. The van der Waals surface area contributed by atoms with Crippen LogP contribution >= 0.6 is 34.8 Å². The van der Waals surface area contributed by atoms with Crippen LogP contribution in [0.1, 0.15) is 8.35 Å². The summed E-state index contributed by atoms with van der Waals surface area (Å²) in [5, 5.41) is 9.40. The molecule has 0 aliphatic heterocycles. The van der Waals surface area contributed by atoms with Crippen molar-refractivity contribution in [3.63, 3.8) is 0 Å². The zero-order valence-electron chi connectivity index (χ0n) is 9.63. The summed E-state index contributed by atoms with van der Waals surface area (Å²) in [7, 11) is 0. The fourth-order valence-corrected chi connectivity index (χ4v) is 1.42. The summed E-state index contributed by atoms with van der Waals surface area (Å²) < 4.78 is 5.07. The predicted octanol–water partition coefficient (Wildman–Crippen LogP) is 0.615. The fraction of sp³-hybridized carbons (Fsp3) is 0.222. The zero-order chi connectivity index (χ0) is 11.6. The predicted molar refractivity (Wildman–Crippen MR) is 60.3 cm³/mol. The molecule has 0 bridgehead atoms. The van der Waals surface area contributed by atoms with E-state index < -0.39 is 12.1 Å². The molecule has 0 saturated heterocycles. The maximum atomic E-state index is 10.5. The van der Waals surface area contributed by atoms with Crippen LogP contribution in [0.25, 0.3) is 0 Å². The van der Waals surface area contributed by atoms with E-state index in [1.54, 1.807) is 0 Å². The Labute approximate surface area is 131 Å². The molecular weight excluding hydrogens is 285 g/mol. The van der Waals surface area contributed by atoms with Gasteiger partial charge in [-0.2, -0.15) is 0 Å². The van der Waals surface area contributed by atoms with E-state index in [-0.39, 0.29) is 51.8 Å². The number of carboxylic acid groups (broad SMARTS) is 1. The van der Waals surface area contributed by atoms with Crippen LogP contribution in [0.15, 0.2) is 12.1 Å². The van der Waals surface area contributed by atoms with E-state index in [4.69, 9.17) is 44.6 Å². The molecule has 0 aromatic heterocycles. The van der Waals surface area contributed by atoms with E-state index in [1.807, 2.05) is 0 Å². The first-order valence-corrected chi connectivity index (χ1v) is 5.09. The molecule has 0 heterocycles. The Morgan fingerprint density at radius 2 is 1.81 bits per heavy atom. The van der Waals surface area contributed by atoms with Gasteiger partial charge in [0, 0.05) is 6.07 Å². The number of carbonyl (C=O) groups is 1. The molecule has 1 atom stereocenters. The number of benzene rings is 1. The monoisotopic (exact) mass is 292 g/mol. The number of halogens is 3. The minimum Gasteiger partial charge on any atom is -1.00 e. The Balaban J connectivity index is 0. The van der Waals surface area contributed by atoms with Gasteiger partial charge in [-0.3, -0.25) is 0 Å². The second kappa shape index (κ2) is 6.94. The third-order valence-corrected chi connectivity index (χ3v) is 2.64. The average Bonchev–Trinajstić information content (AvgIpc) is 2.13. The van der Waals surface area contributed by atoms with Crippen molar-refractivity contribution in [1.82, 2.24) is 0 Å². The van der Waals surface area contributed by atoms with Crippen molar-refractivity contribution in [1.29, 1.82) is 0 Å². The number of hydrogen-bond donors (Lipinski definition) is 1. The second-order valence-corrected chi connectivity index (χ2v) is 4.02. The maximum absolute atomic E-state index is 10.5. The first-order valence-electron chi connectivity index (χ1n) is 3.96. The van der Waals surface area contributed by atoms with Gasteiger partial charge in [0.15, 0.2) is 6.10 Å². The summed E-state index contributed by atoms with van der Waals surface area (Å²) in [4.78, 5) is 10.5. The van der Waals surface area contributed by atoms with Crippen molar-refractivity contribution in [2.45, 2.75) is 13.0 Å². The van der Waals surface area contributed by atoms with Crippen LogP contribution < -0.4 is 34.3 Å². The van der Waals surface area contributed by atoms with Crippen molar-refractivity contribution < 1.29 is 45.6 Å². The molecule has 3 nitrogen and oxygen atoms in total. The van der Waals surface area contributed by atoms with Crippen molar-refractivity contribution in [3.05, 3.63) is 27.2 Å². The van der Waals surface area contributed by atoms with Crippen LogP contribution in [0.3, 0.4) is 0 Å². The third-order valence-electron chi connectivity index (χ3n) is 1.63. The van der Waals surface area contributed by atoms with E-state index in [9.17, 15) is 4.79 Å². The summed E-state index contributed by atoms with van der Waals surface area (Å²) >= 11 is 17.2. The van der Waals surface area contributed by atoms with Gasteiger partial charge >= 0.3 is 35.5 Å². The van der Waals surface area contributed by atoms with E-state index >= 15 is 0 Å². The summed E-state index contributed by atoms with van der Waals surface area (Å²) in [6.45, 7) is 1.39. The number of carboxylic acids is 1. The van der Waals surface area contributed by atoms with Gasteiger partial charge in [0.1, 0.15) is 5.75 Å². The van der Waals surface area contributed by atoms with Gasteiger partial charge in [-0.05, 0) is 13.0 Å². The van der Waals surface area contributed by atoms with Gasteiger partial charge in [0.05, 0.1) is 15.1 Å². The molecular formula is C9H8Cl3NaO3. The van der Waals surface area contributed by atoms with Crippen molar-refractivity contribution in [2.24, 2.45) is 0 Å². The average molecular weight is 294 g/mol. The number of ether oxygens (including phenoxy) is 1. The molecule has 0 aliphatic carbocycles. The van der Waals surface area contributed by atoms with E-state index in [2.05, 4.69) is 0 Å². The largest absolute Gasteiger partial charge is 1.00 e. The number of aliphatic carboxylic acids is 1. The smallest absolute Gasteiger partial charge is 1.00 e. The molecule has 1 N–H and O–H groups in total. The van der Waals surface area contributed by atoms with Crippen LogP contribution in [-0.2, 0) is 4.79 Å². The molecule has 7 heteroatoms. The number of hydrogen-bond acceptors (Lipinski definition) is 2. The molecule has 0 radical (unpaired) electrons. The van der Waals surface area contributed by atoms with Gasteiger partial charge < -0.3 is 11.3 Å². The van der Waals surface area contributed by atoms with Crippen molar-refractivity contribution >= 4 is 40.8 Å². The molecule has 1 rings (SSSR count). The minimum atomic E-state index is -1.09. The minimum absolute atomic E-state index is 0. The van der Waals surface area contributed by atoms with E-state index in [0.29, 0.717) is 0 Å². The Morgan fingerprint density at radius 1 is 1.31 bits per heavy atom. The Kier molecular flexibility index (Phi) is 7.10. The summed E-state index contributed by atoms with van der Waals surface area (Å²) in [5.74, 6) is -0.891. The molecule has 0 spiro atoms. The Hall–Kier alpha value is 0.360. The molecule has 0 aliphatic rings. The van der Waals surface area contributed by atoms with Gasteiger partial charge in [0.2, 0.25) is 0 Å². The van der Waals surface area contributed by atoms with Crippen LogP contribution in [0.5, 0.6) is 5.75 Å². The van der Waals surface area contributed by atoms with E-state index in [0.717, 1.165) is 0 Å². The molecule has 1 aromatic carbocycles. The van der Waals surface area contributed by atoms with E-state index in [1.165, 1.54) is 19.1 Å². The van der Waals surface area contributed by atoms with Gasteiger partial charge in [0.25, 0.3) is 0 Å². The topological polar surface area (TPSA) is 46.5 Å². The summed E-state index contributed by atoms with van der Waals surface area (Å²) in [6, 6.07) is 2.78. The Bertz CT molecular complexity index is 403. The quantitative estimate of drug-likeness (QED) is 0.656. The second-order valence-electron chi connectivity index (χ2n) is 2.80. The molecule has 16 heavy (non-hydrogen) atoms. The van der Waals surface area contributed by atoms with Gasteiger partial charge in [-0.15, -0.1) is 0 Å². The summed E-state index contributed by atoms with van der Waals surface area (Å²) in [6.07, 6.45) is -1.00. The Morgan fingerprint density at radius 3 is 2.31 bits per heavy atom. The van der Waals surface area contributed by atoms with Crippen LogP contribution in [0.2, 0.25) is 15.1 Å². The zero-order valence-corrected chi connectivity index (χ0v) is 12.9. The molecule has 0 amide bonds. The normalized spacial score (nSPS) is 11.5. The maximum Gasteiger partial charge on any atom is 1.00 e. The first kappa shape index (κ1) is 16.4. The van der Waals surface area contributed by atoms with Crippen molar-refractivity contribution in [3.8, 4) is 5.75 Å². The first-order chi connectivity index (χ1) is 6.91. The summed E-state index contributed by atoms with van der Waals surface area (Å²) in [5.41, 5.74) is 0. The van der Waals surface area contributed by atoms with Gasteiger partial charge in [-0.25, -0.2) is 4.79 Å². The fourth-order valence-electron chi connectivity index (χ4n) is 0.835.